The first-order chi connectivity index (χ1) is 9.52. The maximum atomic E-state index is 12.9. The third-order valence-electron chi connectivity index (χ3n) is 2.75. The minimum absolute atomic E-state index is 0.191. The zero-order valence-electron chi connectivity index (χ0n) is 10.9. The van der Waals surface area contributed by atoms with Crippen LogP contribution in [0.2, 0.25) is 0 Å². The van der Waals surface area contributed by atoms with E-state index in [9.17, 15) is 13.2 Å². The molecular formula is C15H14F3NO. The molecule has 2 aromatic carbocycles. The second-order valence-corrected chi connectivity index (χ2v) is 4.23. The lowest BCUT2D eigenvalue weighted by Crippen LogP contribution is -2.09. The van der Waals surface area contributed by atoms with Crippen LogP contribution in [0.15, 0.2) is 48.5 Å². The van der Waals surface area contributed by atoms with Crippen LogP contribution >= 0.6 is 0 Å². The fraction of sp³-hybridized carbons (Fsp3) is 0.200. The summed E-state index contributed by atoms with van der Waals surface area (Å²) in [5.41, 5.74) is 0.0197. The third kappa shape index (κ3) is 3.30. The number of nitrogens with one attached hydrogen (secondary N) is 1. The van der Waals surface area contributed by atoms with E-state index in [0.29, 0.717) is 12.3 Å². The molecule has 0 aliphatic carbocycles. The van der Waals surface area contributed by atoms with Gasteiger partial charge in [0.2, 0.25) is 0 Å². The van der Waals surface area contributed by atoms with Gasteiger partial charge in [-0.25, -0.2) is 0 Å². The van der Waals surface area contributed by atoms with Gasteiger partial charge in [0.1, 0.15) is 11.5 Å². The van der Waals surface area contributed by atoms with Crippen LogP contribution in [0, 0.1) is 0 Å². The molecule has 0 atom stereocenters. The molecule has 0 radical (unpaired) electrons. The Hall–Kier alpha value is -2.01. The Kier molecular flexibility index (Phi) is 4.29. The summed E-state index contributed by atoms with van der Waals surface area (Å²) in [5, 5.41) is 2.95. The van der Waals surface area contributed by atoms with Gasteiger partial charge in [-0.2, -0.15) is 13.2 Å². The van der Waals surface area contributed by atoms with Crippen LogP contribution < -0.4 is 10.1 Å². The Morgan fingerprint density at radius 2 is 1.55 bits per heavy atom. The Labute approximate surface area is 115 Å². The third-order valence-corrected chi connectivity index (χ3v) is 2.75. The largest absolute Gasteiger partial charge is 0.456 e. The molecule has 0 fully saturated rings. The molecule has 0 saturated carbocycles. The Morgan fingerprint density at radius 1 is 0.950 bits per heavy atom. The monoisotopic (exact) mass is 281 g/mol. The molecule has 5 heteroatoms. The molecule has 2 nitrogen and oxygen atoms in total. The van der Waals surface area contributed by atoms with Crippen LogP contribution in [0.1, 0.15) is 11.1 Å². The number of ether oxygens (including phenoxy) is 1. The normalized spacial score (nSPS) is 11.4. The van der Waals surface area contributed by atoms with Crippen molar-refractivity contribution in [2.24, 2.45) is 0 Å². The molecule has 20 heavy (non-hydrogen) atoms. The van der Waals surface area contributed by atoms with Gasteiger partial charge in [0.25, 0.3) is 0 Å². The molecule has 0 saturated heterocycles. The van der Waals surface area contributed by atoms with Crippen molar-refractivity contribution in [2.45, 2.75) is 12.7 Å². The fourth-order valence-electron chi connectivity index (χ4n) is 1.85. The maximum absolute atomic E-state index is 12.9. The van der Waals surface area contributed by atoms with Crippen molar-refractivity contribution in [1.29, 1.82) is 0 Å². The molecule has 0 aliphatic rings. The van der Waals surface area contributed by atoms with Crippen LogP contribution in [-0.2, 0) is 12.7 Å². The highest BCUT2D eigenvalue weighted by Gasteiger charge is 2.34. The first-order valence-corrected chi connectivity index (χ1v) is 6.09. The van der Waals surface area contributed by atoms with Crippen LogP contribution in [0.25, 0.3) is 0 Å². The highest BCUT2D eigenvalue weighted by molar-refractivity contribution is 5.42. The summed E-state index contributed by atoms with van der Waals surface area (Å²) in [7, 11) is 1.76. The van der Waals surface area contributed by atoms with E-state index in [1.54, 1.807) is 19.2 Å². The van der Waals surface area contributed by atoms with E-state index in [2.05, 4.69) is 5.32 Å². The molecule has 1 N–H and O–H groups in total. The zero-order valence-corrected chi connectivity index (χ0v) is 10.9. The molecule has 0 spiro atoms. The van der Waals surface area contributed by atoms with Gasteiger partial charge in [-0.15, -0.1) is 0 Å². The standard InChI is InChI=1S/C15H14F3NO/c1-19-10-11-6-2-4-8-13(11)20-14-9-5-3-7-12(14)15(16,17)18/h2-9,19H,10H2,1H3. The summed E-state index contributed by atoms with van der Waals surface area (Å²) >= 11 is 0. The van der Waals surface area contributed by atoms with E-state index in [1.807, 2.05) is 12.1 Å². The average molecular weight is 281 g/mol. The second-order valence-electron chi connectivity index (χ2n) is 4.23. The zero-order chi connectivity index (χ0) is 14.6. The lowest BCUT2D eigenvalue weighted by atomic mass is 10.1. The minimum atomic E-state index is -4.44. The molecule has 0 aliphatic heterocycles. The van der Waals surface area contributed by atoms with Gasteiger partial charge in [-0.1, -0.05) is 30.3 Å². The number of para-hydroxylation sites is 2. The molecule has 0 bridgehead atoms. The summed E-state index contributed by atoms with van der Waals surface area (Å²) in [6, 6.07) is 12.2. The van der Waals surface area contributed by atoms with E-state index in [0.717, 1.165) is 11.6 Å². The fourth-order valence-corrected chi connectivity index (χ4v) is 1.85. The van der Waals surface area contributed by atoms with Gasteiger partial charge in [0, 0.05) is 12.1 Å². The van der Waals surface area contributed by atoms with Gasteiger partial charge in [-0.3, -0.25) is 0 Å². The summed E-state index contributed by atoms with van der Waals surface area (Å²) in [4.78, 5) is 0. The van der Waals surface area contributed by atoms with Gasteiger partial charge >= 0.3 is 6.18 Å². The molecule has 106 valence electrons. The summed E-state index contributed by atoms with van der Waals surface area (Å²) < 4.78 is 44.2. The lowest BCUT2D eigenvalue weighted by molar-refractivity contribution is -0.138. The highest BCUT2D eigenvalue weighted by atomic mass is 19.4. The van der Waals surface area contributed by atoms with Crippen molar-refractivity contribution >= 4 is 0 Å². The molecular weight excluding hydrogens is 267 g/mol. The predicted octanol–water partition coefficient (Wildman–Crippen LogP) is 4.22. The van der Waals surface area contributed by atoms with Crippen molar-refractivity contribution in [3.05, 3.63) is 59.7 Å². The molecule has 0 amide bonds. The lowest BCUT2D eigenvalue weighted by Gasteiger charge is -2.15. The van der Waals surface area contributed by atoms with Gasteiger partial charge in [0.05, 0.1) is 5.56 Å². The van der Waals surface area contributed by atoms with E-state index >= 15 is 0 Å². The van der Waals surface area contributed by atoms with Crippen molar-refractivity contribution in [2.75, 3.05) is 7.05 Å². The van der Waals surface area contributed by atoms with Gasteiger partial charge < -0.3 is 10.1 Å². The number of rotatable bonds is 4. The van der Waals surface area contributed by atoms with Crippen molar-refractivity contribution in [1.82, 2.24) is 5.32 Å². The van der Waals surface area contributed by atoms with Gasteiger partial charge in [-0.05, 0) is 25.2 Å². The quantitative estimate of drug-likeness (QED) is 0.906. The number of hydrogen-bond donors (Lipinski definition) is 1. The number of alkyl halides is 3. The van der Waals surface area contributed by atoms with Crippen LogP contribution in [0.3, 0.4) is 0 Å². The number of benzene rings is 2. The van der Waals surface area contributed by atoms with E-state index in [4.69, 9.17) is 4.74 Å². The van der Waals surface area contributed by atoms with Crippen molar-refractivity contribution in [3.63, 3.8) is 0 Å². The number of halogens is 3. The summed E-state index contributed by atoms with van der Waals surface area (Å²) in [6.07, 6.45) is -4.44. The van der Waals surface area contributed by atoms with Crippen molar-refractivity contribution in [3.8, 4) is 11.5 Å². The first kappa shape index (κ1) is 14.4. The first-order valence-electron chi connectivity index (χ1n) is 6.09. The molecule has 0 aromatic heterocycles. The van der Waals surface area contributed by atoms with Gasteiger partial charge in [0.15, 0.2) is 0 Å². The predicted molar refractivity (Wildman–Crippen MR) is 70.7 cm³/mol. The topological polar surface area (TPSA) is 21.3 Å². The Balaban J connectivity index is 2.36. The second kappa shape index (κ2) is 5.96. The SMILES string of the molecule is CNCc1ccccc1Oc1ccccc1C(F)(F)F. The molecule has 2 rings (SSSR count). The Morgan fingerprint density at radius 3 is 2.20 bits per heavy atom. The molecule has 2 aromatic rings. The van der Waals surface area contributed by atoms with E-state index < -0.39 is 11.7 Å². The maximum Gasteiger partial charge on any atom is 0.419 e. The van der Waals surface area contributed by atoms with E-state index in [-0.39, 0.29) is 5.75 Å². The molecule has 0 unspecified atom stereocenters. The summed E-state index contributed by atoms with van der Waals surface area (Å²) in [6.45, 7) is 0.518. The van der Waals surface area contributed by atoms with Crippen LogP contribution in [-0.4, -0.2) is 7.05 Å². The van der Waals surface area contributed by atoms with Crippen LogP contribution in [0.5, 0.6) is 11.5 Å². The number of hydrogen-bond acceptors (Lipinski definition) is 2. The average Bonchev–Trinajstić information content (AvgIpc) is 2.41. The smallest absolute Gasteiger partial charge is 0.419 e. The molecule has 0 heterocycles. The van der Waals surface area contributed by atoms with E-state index in [1.165, 1.54) is 18.2 Å². The van der Waals surface area contributed by atoms with Crippen LogP contribution in [0.4, 0.5) is 13.2 Å². The highest BCUT2D eigenvalue weighted by Crippen LogP contribution is 2.38. The summed E-state index contributed by atoms with van der Waals surface area (Å²) in [5.74, 6) is 0.224. The van der Waals surface area contributed by atoms with Crippen molar-refractivity contribution < 1.29 is 17.9 Å². The Bertz CT molecular complexity index is 581. The minimum Gasteiger partial charge on any atom is -0.456 e.